The van der Waals surface area contributed by atoms with Gasteiger partial charge in [-0.15, -0.1) is 0 Å². The van der Waals surface area contributed by atoms with E-state index >= 15 is 0 Å². The van der Waals surface area contributed by atoms with E-state index in [0.717, 1.165) is 40.6 Å². The standard InChI is InChI=1S/C19H24INO3/c1-23-16-6-14(15(20)7-17(16)24-2)18(22)21-19-8-11-3-12(9-19)5-13(4-11)10-19/h6-7,11-13H,3-5,8-10H2,1-2H3,(H,21,22). The summed E-state index contributed by atoms with van der Waals surface area (Å²) in [5.74, 6) is 3.76. The van der Waals surface area contributed by atoms with E-state index in [2.05, 4.69) is 27.9 Å². The summed E-state index contributed by atoms with van der Waals surface area (Å²) in [6.45, 7) is 0. The van der Waals surface area contributed by atoms with Gasteiger partial charge in [0.05, 0.1) is 19.8 Å². The second kappa shape index (κ2) is 6.07. The molecule has 4 nitrogen and oxygen atoms in total. The normalized spacial score (nSPS) is 33.4. The Hall–Kier alpha value is -0.980. The van der Waals surface area contributed by atoms with Crippen molar-refractivity contribution in [1.29, 1.82) is 0 Å². The van der Waals surface area contributed by atoms with Crippen molar-refractivity contribution in [3.05, 3.63) is 21.3 Å². The molecule has 1 aromatic carbocycles. The molecule has 5 rings (SSSR count). The number of hydrogen-bond acceptors (Lipinski definition) is 3. The van der Waals surface area contributed by atoms with Crippen LogP contribution in [0.5, 0.6) is 11.5 Å². The summed E-state index contributed by atoms with van der Waals surface area (Å²) in [5, 5.41) is 3.43. The van der Waals surface area contributed by atoms with E-state index in [9.17, 15) is 4.79 Å². The van der Waals surface area contributed by atoms with Crippen LogP contribution in [0.15, 0.2) is 12.1 Å². The van der Waals surface area contributed by atoms with Gasteiger partial charge in [-0.25, -0.2) is 0 Å². The molecule has 0 atom stereocenters. The van der Waals surface area contributed by atoms with Gasteiger partial charge in [0.2, 0.25) is 0 Å². The highest BCUT2D eigenvalue weighted by atomic mass is 127. The Morgan fingerprint density at radius 1 is 1.04 bits per heavy atom. The maximum atomic E-state index is 13.0. The zero-order valence-electron chi connectivity index (χ0n) is 14.2. The van der Waals surface area contributed by atoms with Crippen molar-refractivity contribution < 1.29 is 14.3 Å². The molecule has 0 heterocycles. The predicted octanol–water partition coefficient (Wildman–Crippen LogP) is 4.01. The Morgan fingerprint density at radius 2 is 1.54 bits per heavy atom. The Labute approximate surface area is 156 Å². The quantitative estimate of drug-likeness (QED) is 0.719. The lowest BCUT2D eigenvalue weighted by molar-refractivity contribution is -0.0167. The van der Waals surface area contributed by atoms with Crippen molar-refractivity contribution >= 4 is 28.5 Å². The van der Waals surface area contributed by atoms with Crippen LogP contribution >= 0.6 is 22.6 Å². The number of ether oxygens (including phenoxy) is 2. The lowest BCUT2D eigenvalue weighted by Crippen LogP contribution is -2.59. The van der Waals surface area contributed by atoms with E-state index in [1.54, 1.807) is 20.3 Å². The van der Waals surface area contributed by atoms with E-state index in [4.69, 9.17) is 9.47 Å². The summed E-state index contributed by atoms with van der Waals surface area (Å²) >= 11 is 2.20. The van der Waals surface area contributed by atoms with Gasteiger partial charge in [0.25, 0.3) is 5.91 Å². The molecular weight excluding hydrogens is 417 g/mol. The van der Waals surface area contributed by atoms with Crippen molar-refractivity contribution in [1.82, 2.24) is 5.32 Å². The Kier molecular flexibility index (Phi) is 4.17. The van der Waals surface area contributed by atoms with Crippen molar-refractivity contribution in [2.75, 3.05) is 14.2 Å². The minimum atomic E-state index is 0.0298. The van der Waals surface area contributed by atoms with Crippen LogP contribution in [0.2, 0.25) is 0 Å². The first-order chi connectivity index (χ1) is 11.5. The second-order valence-corrected chi connectivity index (χ2v) is 9.00. The highest BCUT2D eigenvalue weighted by Gasteiger charge is 2.51. The number of carbonyl (C=O) groups excluding carboxylic acids is 1. The van der Waals surface area contributed by atoms with E-state index in [0.29, 0.717) is 17.1 Å². The summed E-state index contributed by atoms with van der Waals surface area (Å²) in [5.41, 5.74) is 0.714. The van der Waals surface area contributed by atoms with Gasteiger partial charge in [0.15, 0.2) is 11.5 Å². The monoisotopic (exact) mass is 441 g/mol. The molecule has 0 aliphatic heterocycles. The fraction of sp³-hybridized carbons (Fsp3) is 0.632. The molecule has 0 saturated heterocycles. The summed E-state index contributed by atoms with van der Waals surface area (Å²) < 4.78 is 11.6. The van der Waals surface area contributed by atoms with E-state index < -0.39 is 0 Å². The first-order valence-corrected chi connectivity index (χ1v) is 9.84. The lowest BCUT2D eigenvalue weighted by Gasteiger charge is -2.56. The molecule has 0 aromatic heterocycles. The van der Waals surface area contributed by atoms with Crippen LogP contribution in [0.3, 0.4) is 0 Å². The number of amides is 1. The Balaban J connectivity index is 1.58. The third-order valence-electron chi connectivity index (χ3n) is 6.13. The first-order valence-electron chi connectivity index (χ1n) is 8.76. The average Bonchev–Trinajstić information content (AvgIpc) is 2.52. The lowest BCUT2D eigenvalue weighted by atomic mass is 9.53. The molecular formula is C19H24INO3. The third kappa shape index (κ3) is 2.78. The van der Waals surface area contributed by atoms with Crippen molar-refractivity contribution in [2.45, 2.75) is 44.1 Å². The van der Waals surface area contributed by atoms with Gasteiger partial charge in [-0.2, -0.15) is 0 Å². The van der Waals surface area contributed by atoms with Gasteiger partial charge in [-0.05, 0) is 91.0 Å². The van der Waals surface area contributed by atoms with Gasteiger partial charge in [0.1, 0.15) is 0 Å². The van der Waals surface area contributed by atoms with E-state index in [-0.39, 0.29) is 11.4 Å². The molecule has 0 unspecified atom stereocenters. The number of halogens is 1. The van der Waals surface area contributed by atoms with E-state index in [1.807, 2.05) is 6.07 Å². The molecule has 1 amide bonds. The number of benzene rings is 1. The number of hydrogen-bond donors (Lipinski definition) is 1. The van der Waals surface area contributed by atoms with Crippen LogP contribution in [-0.2, 0) is 0 Å². The summed E-state index contributed by atoms with van der Waals surface area (Å²) in [7, 11) is 3.22. The number of methoxy groups -OCH3 is 2. The van der Waals surface area contributed by atoms with Gasteiger partial charge in [-0.1, -0.05) is 0 Å². The minimum Gasteiger partial charge on any atom is -0.493 e. The van der Waals surface area contributed by atoms with Crippen LogP contribution in [0, 0.1) is 21.3 Å². The molecule has 4 aliphatic carbocycles. The second-order valence-electron chi connectivity index (χ2n) is 7.84. The largest absolute Gasteiger partial charge is 0.493 e. The van der Waals surface area contributed by atoms with Crippen molar-refractivity contribution in [3.63, 3.8) is 0 Å². The first kappa shape index (κ1) is 16.5. The third-order valence-corrected chi connectivity index (χ3v) is 7.03. The molecule has 1 N–H and O–H groups in total. The van der Waals surface area contributed by atoms with Gasteiger partial charge >= 0.3 is 0 Å². The van der Waals surface area contributed by atoms with Crippen LogP contribution in [0.25, 0.3) is 0 Å². The number of carbonyl (C=O) groups is 1. The molecule has 130 valence electrons. The number of rotatable bonds is 4. The molecule has 1 aromatic rings. The summed E-state index contributed by atoms with van der Waals surface area (Å²) in [4.78, 5) is 13.0. The highest BCUT2D eigenvalue weighted by Crippen LogP contribution is 2.55. The average molecular weight is 441 g/mol. The SMILES string of the molecule is COc1cc(I)c(C(=O)NC23CC4CC(CC(C4)C2)C3)cc1OC. The zero-order chi connectivity index (χ0) is 16.9. The maximum absolute atomic E-state index is 13.0. The molecule has 0 spiro atoms. The Morgan fingerprint density at radius 3 is 2.04 bits per heavy atom. The molecule has 4 aliphatic rings. The molecule has 4 saturated carbocycles. The van der Waals surface area contributed by atoms with Crippen molar-refractivity contribution in [3.8, 4) is 11.5 Å². The van der Waals surface area contributed by atoms with E-state index in [1.165, 1.54) is 19.3 Å². The Bertz CT molecular complexity index is 638. The van der Waals surface area contributed by atoms with Crippen LogP contribution in [-0.4, -0.2) is 25.7 Å². The van der Waals surface area contributed by atoms with Crippen LogP contribution in [0.4, 0.5) is 0 Å². The summed E-state index contributed by atoms with van der Waals surface area (Å²) in [6, 6.07) is 3.67. The van der Waals surface area contributed by atoms with Gasteiger partial charge < -0.3 is 14.8 Å². The fourth-order valence-corrected chi connectivity index (χ4v) is 6.28. The van der Waals surface area contributed by atoms with Crippen LogP contribution < -0.4 is 14.8 Å². The predicted molar refractivity (Wildman–Crippen MR) is 101 cm³/mol. The van der Waals surface area contributed by atoms with Gasteiger partial charge in [0, 0.05) is 9.11 Å². The molecule has 0 radical (unpaired) electrons. The summed E-state index contributed by atoms with van der Waals surface area (Å²) in [6.07, 6.45) is 7.62. The molecule has 5 heteroatoms. The zero-order valence-corrected chi connectivity index (χ0v) is 16.4. The highest BCUT2D eigenvalue weighted by molar-refractivity contribution is 14.1. The van der Waals surface area contributed by atoms with Crippen molar-refractivity contribution in [2.24, 2.45) is 17.8 Å². The van der Waals surface area contributed by atoms with Crippen LogP contribution in [0.1, 0.15) is 48.9 Å². The molecule has 4 bridgehead atoms. The molecule has 24 heavy (non-hydrogen) atoms. The topological polar surface area (TPSA) is 47.6 Å². The fourth-order valence-electron chi connectivity index (χ4n) is 5.60. The maximum Gasteiger partial charge on any atom is 0.252 e. The van der Waals surface area contributed by atoms with Gasteiger partial charge in [-0.3, -0.25) is 4.79 Å². The smallest absolute Gasteiger partial charge is 0.252 e. The minimum absolute atomic E-state index is 0.0298. The number of nitrogens with one attached hydrogen (secondary N) is 1. The molecule has 4 fully saturated rings.